The normalized spacial score (nSPS) is 10.3. The van der Waals surface area contributed by atoms with E-state index in [2.05, 4.69) is 15.3 Å². The highest BCUT2D eigenvalue weighted by molar-refractivity contribution is 7.17. The molecule has 0 saturated heterocycles. The summed E-state index contributed by atoms with van der Waals surface area (Å²) in [6.07, 6.45) is 1.62. The lowest BCUT2D eigenvalue weighted by Gasteiger charge is -2.11. The van der Waals surface area contributed by atoms with Crippen molar-refractivity contribution in [1.82, 2.24) is 9.97 Å². The molecule has 2 rings (SSSR count). The van der Waals surface area contributed by atoms with Crippen LogP contribution in [0.2, 0.25) is 0 Å². The van der Waals surface area contributed by atoms with Gasteiger partial charge in [-0.3, -0.25) is 4.79 Å². The Bertz CT molecular complexity index is 591. The molecule has 7 heteroatoms. The summed E-state index contributed by atoms with van der Waals surface area (Å²) in [5, 5.41) is 3.17. The fraction of sp³-hybridized carbons (Fsp3) is 0.250. The van der Waals surface area contributed by atoms with Crippen LogP contribution in [0.15, 0.2) is 18.3 Å². The van der Waals surface area contributed by atoms with Gasteiger partial charge in [-0.2, -0.15) is 0 Å². The maximum absolute atomic E-state index is 12.0. The summed E-state index contributed by atoms with van der Waals surface area (Å²) in [6, 6.07) is 3.64. The molecule has 0 aliphatic heterocycles. The van der Waals surface area contributed by atoms with Gasteiger partial charge in [-0.25, -0.2) is 9.97 Å². The summed E-state index contributed by atoms with van der Waals surface area (Å²) in [5.41, 5.74) is 6.85. The molecule has 19 heavy (non-hydrogen) atoms. The van der Waals surface area contributed by atoms with Crippen LogP contribution in [0.25, 0.3) is 0 Å². The maximum Gasteiger partial charge on any atom is 0.267 e. The standard InChI is InChI=1S/C12H15N5OS/c1-7-10(19-12(13)15-7)11(18)16-8-4-5-9(14-6-8)17(2)3/h4-6H,1-3H3,(H2,13,15)(H,16,18). The summed E-state index contributed by atoms with van der Waals surface area (Å²) in [5.74, 6) is 0.613. The summed E-state index contributed by atoms with van der Waals surface area (Å²) < 4.78 is 0. The third kappa shape index (κ3) is 3.00. The quantitative estimate of drug-likeness (QED) is 0.893. The largest absolute Gasteiger partial charge is 0.375 e. The molecule has 3 N–H and O–H groups in total. The van der Waals surface area contributed by atoms with E-state index in [1.807, 2.05) is 25.1 Å². The van der Waals surface area contributed by atoms with Crippen LogP contribution in [-0.2, 0) is 0 Å². The molecule has 0 aliphatic carbocycles. The van der Waals surface area contributed by atoms with Crippen molar-refractivity contribution in [3.63, 3.8) is 0 Å². The van der Waals surface area contributed by atoms with Gasteiger partial charge in [-0.05, 0) is 19.1 Å². The Hall–Kier alpha value is -2.15. The Labute approximate surface area is 115 Å². The van der Waals surface area contributed by atoms with Crippen LogP contribution >= 0.6 is 11.3 Å². The first-order valence-electron chi connectivity index (χ1n) is 5.65. The van der Waals surface area contributed by atoms with E-state index in [-0.39, 0.29) is 5.91 Å². The van der Waals surface area contributed by atoms with Crippen molar-refractivity contribution in [3.8, 4) is 0 Å². The van der Waals surface area contributed by atoms with Crippen LogP contribution in [0.1, 0.15) is 15.4 Å². The molecule has 2 heterocycles. The van der Waals surface area contributed by atoms with Crippen molar-refractivity contribution in [3.05, 3.63) is 28.9 Å². The van der Waals surface area contributed by atoms with Gasteiger partial charge in [0, 0.05) is 14.1 Å². The number of aryl methyl sites for hydroxylation is 1. The molecule has 0 bridgehead atoms. The molecule has 2 aromatic rings. The van der Waals surface area contributed by atoms with E-state index in [9.17, 15) is 4.79 Å². The van der Waals surface area contributed by atoms with Gasteiger partial charge in [0.2, 0.25) is 0 Å². The lowest BCUT2D eigenvalue weighted by Crippen LogP contribution is -2.13. The van der Waals surface area contributed by atoms with E-state index in [0.29, 0.717) is 21.4 Å². The zero-order valence-electron chi connectivity index (χ0n) is 11.0. The number of hydrogen-bond donors (Lipinski definition) is 2. The van der Waals surface area contributed by atoms with Crippen molar-refractivity contribution in [2.45, 2.75) is 6.92 Å². The first kappa shape index (κ1) is 13.3. The van der Waals surface area contributed by atoms with Crippen LogP contribution in [0.3, 0.4) is 0 Å². The second-order valence-electron chi connectivity index (χ2n) is 4.22. The molecule has 6 nitrogen and oxygen atoms in total. The van der Waals surface area contributed by atoms with E-state index in [0.717, 1.165) is 5.82 Å². The van der Waals surface area contributed by atoms with Crippen molar-refractivity contribution in [1.29, 1.82) is 0 Å². The number of anilines is 3. The average Bonchev–Trinajstić information content (AvgIpc) is 2.69. The van der Waals surface area contributed by atoms with Gasteiger partial charge in [0.05, 0.1) is 17.6 Å². The van der Waals surface area contributed by atoms with Crippen molar-refractivity contribution in [2.24, 2.45) is 0 Å². The fourth-order valence-corrected chi connectivity index (χ4v) is 2.27. The topological polar surface area (TPSA) is 84.1 Å². The van der Waals surface area contributed by atoms with Gasteiger partial charge in [0.25, 0.3) is 5.91 Å². The number of aromatic nitrogens is 2. The van der Waals surface area contributed by atoms with Crippen LogP contribution in [0, 0.1) is 6.92 Å². The number of nitrogen functional groups attached to an aromatic ring is 1. The maximum atomic E-state index is 12.0. The third-order valence-corrected chi connectivity index (χ3v) is 3.47. The van der Waals surface area contributed by atoms with E-state index in [1.54, 1.807) is 19.2 Å². The summed E-state index contributed by atoms with van der Waals surface area (Å²) >= 11 is 1.18. The highest BCUT2D eigenvalue weighted by atomic mass is 32.1. The number of carbonyl (C=O) groups is 1. The number of nitrogens with one attached hydrogen (secondary N) is 1. The minimum absolute atomic E-state index is 0.217. The summed E-state index contributed by atoms with van der Waals surface area (Å²) in [7, 11) is 3.81. The number of hydrogen-bond acceptors (Lipinski definition) is 6. The van der Waals surface area contributed by atoms with Gasteiger partial charge in [0.1, 0.15) is 10.7 Å². The summed E-state index contributed by atoms with van der Waals surface area (Å²) in [6.45, 7) is 1.76. The van der Waals surface area contributed by atoms with E-state index in [1.165, 1.54) is 11.3 Å². The molecule has 0 fully saturated rings. The molecular formula is C12H15N5OS. The Balaban J connectivity index is 2.13. The summed E-state index contributed by atoms with van der Waals surface area (Å²) in [4.78, 5) is 22.7. The molecule has 2 aromatic heterocycles. The highest BCUT2D eigenvalue weighted by Gasteiger charge is 2.14. The van der Waals surface area contributed by atoms with Crippen LogP contribution in [0.4, 0.5) is 16.6 Å². The first-order valence-corrected chi connectivity index (χ1v) is 6.46. The Kier molecular flexibility index (Phi) is 3.66. The lowest BCUT2D eigenvalue weighted by atomic mass is 10.3. The highest BCUT2D eigenvalue weighted by Crippen LogP contribution is 2.21. The van der Waals surface area contributed by atoms with Crippen molar-refractivity contribution < 1.29 is 4.79 Å². The predicted octanol–water partition coefficient (Wildman–Crippen LogP) is 1.75. The zero-order chi connectivity index (χ0) is 14.0. The number of amides is 1. The first-order chi connectivity index (χ1) is 8.97. The van der Waals surface area contributed by atoms with Gasteiger partial charge in [0.15, 0.2) is 5.13 Å². The van der Waals surface area contributed by atoms with E-state index in [4.69, 9.17) is 5.73 Å². The monoisotopic (exact) mass is 277 g/mol. The van der Waals surface area contributed by atoms with E-state index < -0.39 is 0 Å². The second-order valence-corrected chi connectivity index (χ2v) is 5.25. The lowest BCUT2D eigenvalue weighted by molar-refractivity contribution is 0.103. The molecule has 0 spiro atoms. The molecular weight excluding hydrogens is 262 g/mol. The molecule has 0 saturated carbocycles. The van der Waals surface area contributed by atoms with Gasteiger partial charge in [-0.1, -0.05) is 11.3 Å². The smallest absolute Gasteiger partial charge is 0.267 e. The zero-order valence-corrected chi connectivity index (χ0v) is 11.8. The van der Waals surface area contributed by atoms with Crippen LogP contribution in [-0.4, -0.2) is 30.0 Å². The molecule has 0 unspecified atom stereocenters. The van der Waals surface area contributed by atoms with Gasteiger partial charge < -0.3 is 16.0 Å². The van der Waals surface area contributed by atoms with E-state index >= 15 is 0 Å². The van der Waals surface area contributed by atoms with Crippen molar-refractivity contribution >= 4 is 33.9 Å². The Morgan fingerprint density at radius 3 is 2.63 bits per heavy atom. The fourth-order valence-electron chi connectivity index (χ4n) is 1.54. The van der Waals surface area contributed by atoms with Crippen molar-refractivity contribution in [2.75, 3.05) is 30.0 Å². The van der Waals surface area contributed by atoms with Crippen LogP contribution < -0.4 is 16.0 Å². The minimum atomic E-state index is -0.217. The number of thiazole rings is 1. The van der Waals surface area contributed by atoms with Crippen LogP contribution in [0.5, 0.6) is 0 Å². The molecule has 0 atom stereocenters. The van der Waals surface area contributed by atoms with Gasteiger partial charge >= 0.3 is 0 Å². The SMILES string of the molecule is Cc1nc(N)sc1C(=O)Nc1ccc(N(C)C)nc1. The third-order valence-electron chi connectivity index (χ3n) is 2.48. The number of rotatable bonds is 3. The number of nitrogens with zero attached hydrogens (tertiary/aromatic N) is 3. The molecule has 0 aliphatic rings. The molecule has 100 valence electrons. The molecule has 1 amide bonds. The molecule has 0 aromatic carbocycles. The average molecular weight is 277 g/mol. The second kappa shape index (κ2) is 5.23. The predicted molar refractivity (Wildman–Crippen MR) is 77.8 cm³/mol. The molecule has 0 radical (unpaired) electrons. The Morgan fingerprint density at radius 2 is 2.16 bits per heavy atom. The minimum Gasteiger partial charge on any atom is -0.375 e. The number of pyridine rings is 1. The number of nitrogens with two attached hydrogens (primary N) is 1. The Morgan fingerprint density at radius 1 is 1.42 bits per heavy atom. The van der Waals surface area contributed by atoms with Gasteiger partial charge in [-0.15, -0.1) is 0 Å². The number of carbonyl (C=O) groups excluding carboxylic acids is 1.